The Morgan fingerprint density at radius 1 is 0.875 bits per heavy atom. The second-order valence-corrected chi connectivity index (χ2v) is 15.9. The lowest BCUT2D eigenvalue weighted by atomic mass is 9.44. The minimum Gasteiger partial charge on any atom is -0.457 e. The Labute approximate surface area is 324 Å². The van der Waals surface area contributed by atoms with Crippen molar-refractivity contribution in [3.05, 3.63) is 113 Å². The molecule has 3 aromatic carbocycles. The predicted molar refractivity (Wildman–Crippen MR) is 201 cm³/mol. The molecule has 7 rings (SSSR count). The van der Waals surface area contributed by atoms with Crippen molar-refractivity contribution in [1.82, 2.24) is 0 Å². The van der Waals surface area contributed by atoms with Gasteiger partial charge >= 0.3 is 17.9 Å². The lowest BCUT2D eigenvalue weighted by Crippen LogP contribution is -2.81. The highest BCUT2D eigenvalue weighted by Gasteiger charge is 2.78. The molecule has 3 aliphatic carbocycles. The molecule has 1 unspecified atom stereocenters. The number of carbonyl (C=O) groups excluding carboxylic acids is 4. The number of esters is 3. The molecule has 2 bridgehead atoms. The Hall–Kier alpha value is -5.14. The number of aliphatic hydroxyl groups excluding tert-OH is 2. The van der Waals surface area contributed by atoms with E-state index in [0.717, 1.165) is 0 Å². The van der Waals surface area contributed by atoms with Crippen molar-refractivity contribution in [2.45, 2.75) is 89.2 Å². The summed E-state index contributed by atoms with van der Waals surface area (Å²) in [7, 11) is 0. The van der Waals surface area contributed by atoms with E-state index in [1.165, 1.54) is 32.1 Å². The zero-order chi connectivity index (χ0) is 40.2. The highest BCUT2D eigenvalue weighted by molar-refractivity contribution is 5.94. The van der Waals surface area contributed by atoms with Crippen molar-refractivity contribution < 1.29 is 58.2 Å². The topological polar surface area (TPSA) is 175 Å². The maximum absolute atomic E-state index is 14.8. The number of benzene rings is 3. The lowest BCUT2D eigenvalue weighted by Gasteiger charge is -2.67. The number of rotatable bonds is 8. The van der Waals surface area contributed by atoms with Gasteiger partial charge in [-0.3, -0.25) is 9.59 Å². The second-order valence-electron chi connectivity index (χ2n) is 15.9. The van der Waals surface area contributed by atoms with Gasteiger partial charge in [0.2, 0.25) is 0 Å². The average Bonchev–Trinajstić information content (AvgIpc) is 3.16. The van der Waals surface area contributed by atoms with Crippen LogP contribution in [0.5, 0.6) is 11.5 Å². The molecule has 3 N–H and O–H groups in total. The zero-order valence-electron chi connectivity index (χ0n) is 31.8. The summed E-state index contributed by atoms with van der Waals surface area (Å²) in [5.74, 6) is -3.33. The van der Waals surface area contributed by atoms with E-state index in [4.69, 9.17) is 23.7 Å². The largest absolute Gasteiger partial charge is 0.457 e. The number of hydrogen-bond acceptors (Lipinski definition) is 12. The van der Waals surface area contributed by atoms with Gasteiger partial charge in [-0.25, -0.2) is 9.59 Å². The standard InChI is InChI=1S/C44H46O12/c1-25-31(54-34(47)21-18-27-16-19-30(20-17-27)53-29-14-10-7-11-15-29)23-44(51)39(55-40(50)28-12-8-6-9-13-28)37-42(5,38(49)36(48)35(25)41(44,3)4)32(46)22-33-43(37,24-52-33)56-26(2)45/h6-21,31-33,36-37,39,46,48,51H,22-24H2,1-5H3/b21-18+/t31-,32-,33+,36+,37-,39-,42?,43-,44+/m0/s1. The number of fused-ring (bicyclic) bond motifs is 5. The monoisotopic (exact) mass is 766 g/mol. The van der Waals surface area contributed by atoms with Crippen LogP contribution in [0.3, 0.4) is 0 Å². The summed E-state index contributed by atoms with van der Waals surface area (Å²) < 4.78 is 30.0. The van der Waals surface area contributed by atoms with Gasteiger partial charge in [0.25, 0.3) is 0 Å². The molecule has 1 aliphatic heterocycles. The number of ether oxygens (including phenoxy) is 5. The van der Waals surface area contributed by atoms with E-state index < -0.39 is 82.2 Å². The Morgan fingerprint density at radius 3 is 2.11 bits per heavy atom. The number of carbonyl (C=O) groups is 4. The number of aliphatic hydroxyl groups is 3. The van der Waals surface area contributed by atoms with Crippen LogP contribution in [0.2, 0.25) is 0 Å². The molecule has 0 spiro atoms. The fraction of sp³-hybridized carbons (Fsp3) is 0.409. The molecule has 12 heteroatoms. The van der Waals surface area contributed by atoms with Crippen LogP contribution in [0.25, 0.3) is 6.08 Å². The molecule has 294 valence electrons. The zero-order valence-corrected chi connectivity index (χ0v) is 31.8. The Kier molecular flexibility index (Phi) is 10.1. The van der Waals surface area contributed by atoms with Crippen LogP contribution in [-0.4, -0.2) is 87.3 Å². The van der Waals surface area contributed by atoms with Crippen molar-refractivity contribution in [3.8, 4) is 11.5 Å². The van der Waals surface area contributed by atoms with E-state index in [1.807, 2.05) is 30.3 Å². The van der Waals surface area contributed by atoms with Crippen molar-refractivity contribution in [2.75, 3.05) is 6.61 Å². The lowest BCUT2D eigenvalue weighted by molar-refractivity contribution is -0.345. The average molecular weight is 767 g/mol. The number of Topliss-reactive ketones (excluding diaryl/α,β-unsaturated/α-hetero) is 1. The van der Waals surface area contributed by atoms with Crippen molar-refractivity contribution >= 4 is 29.8 Å². The number of para-hydroxylation sites is 1. The molecule has 2 saturated carbocycles. The molecule has 12 nitrogen and oxygen atoms in total. The summed E-state index contributed by atoms with van der Waals surface area (Å²) in [5, 5.41) is 37.2. The maximum Gasteiger partial charge on any atom is 0.338 e. The van der Waals surface area contributed by atoms with Crippen LogP contribution < -0.4 is 4.74 Å². The smallest absolute Gasteiger partial charge is 0.338 e. The molecule has 3 fully saturated rings. The van der Waals surface area contributed by atoms with E-state index in [2.05, 4.69) is 0 Å². The minimum absolute atomic E-state index is 0.0631. The first kappa shape index (κ1) is 39.1. The Bertz CT molecular complexity index is 2080. The minimum atomic E-state index is -2.20. The third-order valence-electron chi connectivity index (χ3n) is 12.4. The van der Waals surface area contributed by atoms with Crippen LogP contribution in [0.1, 0.15) is 63.4 Å². The number of ketones is 1. The summed E-state index contributed by atoms with van der Waals surface area (Å²) in [4.78, 5) is 55.2. The molecule has 9 atom stereocenters. The molecule has 4 aliphatic rings. The molecular formula is C44H46O12. The summed E-state index contributed by atoms with van der Waals surface area (Å²) >= 11 is 0. The van der Waals surface area contributed by atoms with Gasteiger partial charge in [0, 0.05) is 31.3 Å². The van der Waals surface area contributed by atoms with Crippen molar-refractivity contribution in [2.24, 2.45) is 16.7 Å². The highest BCUT2D eigenvalue weighted by Crippen LogP contribution is 2.64. The first-order chi connectivity index (χ1) is 26.5. The van der Waals surface area contributed by atoms with E-state index >= 15 is 0 Å². The molecule has 3 aromatic rings. The van der Waals surface area contributed by atoms with E-state index in [-0.39, 0.29) is 30.6 Å². The fourth-order valence-electron chi connectivity index (χ4n) is 9.39. The summed E-state index contributed by atoms with van der Waals surface area (Å²) in [6.45, 7) is 7.24. The summed E-state index contributed by atoms with van der Waals surface area (Å²) in [6.07, 6.45) is -4.89. The third-order valence-corrected chi connectivity index (χ3v) is 12.4. The van der Waals surface area contributed by atoms with Gasteiger partial charge in [0.05, 0.1) is 29.6 Å². The van der Waals surface area contributed by atoms with Crippen LogP contribution in [-0.2, 0) is 33.3 Å². The molecular weight excluding hydrogens is 720 g/mol. The SMILES string of the molecule is CC(=O)O[C@@]12CO[C@@H]1C[C@H](O)C1(C)C(=O)[C@H](O)C3=C(C)[C@@H](OC(=O)/C=C/c4ccc(Oc5ccccc5)cc4)C[C@@](O)([C@@H](OC(=O)c4ccccc4)[C@@H]12)C3(C)C. The van der Waals surface area contributed by atoms with E-state index in [1.54, 1.807) is 69.3 Å². The van der Waals surface area contributed by atoms with Crippen LogP contribution in [0.15, 0.2) is 102 Å². The van der Waals surface area contributed by atoms with Crippen LogP contribution in [0, 0.1) is 16.7 Å². The fourth-order valence-corrected chi connectivity index (χ4v) is 9.39. The Balaban J connectivity index is 1.28. The van der Waals surface area contributed by atoms with Gasteiger partial charge in [0.1, 0.15) is 41.5 Å². The number of hydrogen-bond donors (Lipinski definition) is 3. The van der Waals surface area contributed by atoms with Gasteiger partial charge < -0.3 is 39.0 Å². The maximum atomic E-state index is 14.8. The second kappa shape index (κ2) is 14.4. The van der Waals surface area contributed by atoms with E-state index in [0.29, 0.717) is 22.6 Å². The van der Waals surface area contributed by atoms with Gasteiger partial charge in [-0.2, -0.15) is 0 Å². The molecule has 1 saturated heterocycles. The highest BCUT2D eigenvalue weighted by atomic mass is 16.6. The molecule has 1 heterocycles. The van der Waals surface area contributed by atoms with Crippen molar-refractivity contribution in [3.63, 3.8) is 0 Å². The molecule has 0 aromatic heterocycles. The summed E-state index contributed by atoms with van der Waals surface area (Å²) in [5.41, 5.74) is -6.10. The molecule has 0 amide bonds. The first-order valence-corrected chi connectivity index (χ1v) is 18.7. The third kappa shape index (κ3) is 6.34. The van der Waals surface area contributed by atoms with Gasteiger partial charge in [-0.1, -0.05) is 62.4 Å². The van der Waals surface area contributed by atoms with E-state index in [9.17, 15) is 34.5 Å². The first-order valence-electron chi connectivity index (χ1n) is 18.7. The normalized spacial score (nSPS) is 33.2. The quantitative estimate of drug-likeness (QED) is 0.119. The van der Waals surface area contributed by atoms with Gasteiger partial charge in [-0.15, -0.1) is 0 Å². The molecule has 56 heavy (non-hydrogen) atoms. The summed E-state index contributed by atoms with van der Waals surface area (Å²) in [6, 6.07) is 24.4. The van der Waals surface area contributed by atoms with Crippen molar-refractivity contribution in [1.29, 1.82) is 0 Å². The van der Waals surface area contributed by atoms with Crippen LogP contribution >= 0.6 is 0 Å². The van der Waals surface area contributed by atoms with Gasteiger partial charge in [0.15, 0.2) is 11.4 Å². The van der Waals surface area contributed by atoms with Gasteiger partial charge in [-0.05, 0) is 73.0 Å². The van der Waals surface area contributed by atoms with Crippen LogP contribution in [0.4, 0.5) is 0 Å². The predicted octanol–water partition coefficient (Wildman–Crippen LogP) is 5.14. The Morgan fingerprint density at radius 2 is 1.50 bits per heavy atom. The molecule has 0 radical (unpaired) electrons.